The number of benzene rings is 1. The second-order valence-electron chi connectivity index (χ2n) is 5.68. The highest BCUT2D eigenvalue weighted by molar-refractivity contribution is 5.35. The molecular weight excluding hydrogens is 246 g/mol. The van der Waals surface area contributed by atoms with Gasteiger partial charge in [-0.25, -0.2) is 0 Å². The number of likely N-dealkylation sites (N-methyl/N-ethyl adjacent to an activating group) is 1. The van der Waals surface area contributed by atoms with Crippen LogP contribution >= 0.6 is 0 Å². The highest BCUT2D eigenvalue weighted by atomic mass is 16.3. The van der Waals surface area contributed by atoms with Crippen LogP contribution in [0.25, 0.3) is 0 Å². The Kier molecular flexibility index (Phi) is 3.93. The maximum atomic E-state index is 5.90. The first-order valence-electron chi connectivity index (χ1n) is 7.67. The van der Waals surface area contributed by atoms with Crippen LogP contribution in [-0.2, 0) is 6.42 Å². The van der Waals surface area contributed by atoms with Gasteiger partial charge in [0, 0.05) is 5.92 Å². The summed E-state index contributed by atoms with van der Waals surface area (Å²) in [5, 5.41) is 3.63. The molecule has 1 N–H and O–H groups in total. The summed E-state index contributed by atoms with van der Waals surface area (Å²) in [4.78, 5) is 0. The van der Waals surface area contributed by atoms with Crippen molar-refractivity contribution >= 4 is 0 Å². The third-order valence-corrected chi connectivity index (χ3v) is 4.31. The molecule has 1 aliphatic carbocycles. The fourth-order valence-corrected chi connectivity index (χ4v) is 3.42. The average molecular weight is 269 g/mol. The molecule has 0 aliphatic heterocycles. The summed E-state index contributed by atoms with van der Waals surface area (Å²) >= 11 is 0. The van der Waals surface area contributed by atoms with Crippen LogP contribution in [0.4, 0.5) is 0 Å². The molecule has 2 nitrogen and oxygen atoms in total. The molecule has 0 fully saturated rings. The van der Waals surface area contributed by atoms with E-state index >= 15 is 0 Å². The van der Waals surface area contributed by atoms with Crippen molar-refractivity contribution in [3.8, 4) is 0 Å². The largest absolute Gasteiger partial charge is 0.465 e. The molecule has 2 heteroatoms. The lowest BCUT2D eigenvalue weighted by molar-refractivity contribution is 0.340. The fraction of sp³-hybridized carbons (Fsp3) is 0.444. The van der Waals surface area contributed by atoms with Crippen LogP contribution < -0.4 is 5.32 Å². The number of rotatable bonds is 4. The van der Waals surface area contributed by atoms with E-state index in [1.807, 2.05) is 6.92 Å². The molecule has 20 heavy (non-hydrogen) atoms. The number of hydrogen-bond donors (Lipinski definition) is 1. The highest BCUT2D eigenvalue weighted by Crippen LogP contribution is 2.40. The maximum absolute atomic E-state index is 5.90. The minimum atomic E-state index is 0.287. The molecule has 0 radical (unpaired) electrons. The van der Waals surface area contributed by atoms with Gasteiger partial charge in [0.1, 0.15) is 11.5 Å². The lowest BCUT2D eigenvalue weighted by Gasteiger charge is -2.32. The molecule has 0 spiro atoms. The first-order valence-corrected chi connectivity index (χ1v) is 7.67. The quantitative estimate of drug-likeness (QED) is 0.892. The molecule has 1 aromatic carbocycles. The molecule has 2 atom stereocenters. The minimum absolute atomic E-state index is 0.287. The van der Waals surface area contributed by atoms with Crippen molar-refractivity contribution in [3.63, 3.8) is 0 Å². The molecule has 1 heterocycles. The van der Waals surface area contributed by atoms with Gasteiger partial charge in [-0.05, 0) is 56.0 Å². The van der Waals surface area contributed by atoms with Crippen molar-refractivity contribution < 1.29 is 4.42 Å². The summed E-state index contributed by atoms with van der Waals surface area (Å²) in [6, 6.07) is 13.4. The van der Waals surface area contributed by atoms with Crippen LogP contribution in [0, 0.1) is 6.92 Å². The Balaban J connectivity index is 1.96. The first-order chi connectivity index (χ1) is 9.79. The third-order valence-electron chi connectivity index (χ3n) is 4.31. The Labute approximate surface area is 121 Å². The number of furan rings is 1. The topological polar surface area (TPSA) is 25.2 Å². The van der Waals surface area contributed by atoms with Crippen molar-refractivity contribution in [2.24, 2.45) is 0 Å². The SMILES string of the molecule is CCNC(c1ccc(C)o1)C1CCCc2ccccc21. The van der Waals surface area contributed by atoms with Gasteiger partial charge < -0.3 is 9.73 Å². The van der Waals surface area contributed by atoms with E-state index in [0.29, 0.717) is 5.92 Å². The van der Waals surface area contributed by atoms with Gasteiger partial charge in [-0.15, -0.1) is 0 Å². The van der Waals surface area contributed by atoms with Crippen LogP contribution in [0.2, 0.25) is 0 Å². The summed E-state index contributed by atoms with van der Waals surface area (Å²) in [7, 11) is 0. The second kappa shape index (κ2) is 5.84. The molecule has 0 saturated heterocycles. The van der Waals surface area contributed by atoms with Crippen molar-refractivity contribution in [1.29, 1.82) is 0 Å². The van der Waals surface area contributed by atoms with E-state index in [0.717, 1.165) is 18.1 Å². The zero-order valence-electron chi connectivity index (χ0n) is 12.4. The fourth-order valence-electron chi connectivity index (χ4n) is 3.42. The maximum Gasteiger partial charge on any atom is 0.121 e. The van der Waals surface area contributed by atoms with Crippen LogP contribution in [0.3, 0.4) is 0 Å². The summed E-state index contributed by atoms with van der Waals surface area (Å²) < 4.78 is 5.90. The number of aryl methyl sites for hydroxylation is 2. The van der Waals surface area contributed by atoms with Gasteiger partial charge in [-0.1, -0.05) is 31.2 Å². The highest BCUT2D eigenvalue weighted by Gasteiger charge is 2.30. The zero-order valence-corrected chi connectivity index (χ0v) is 12.4. The van der Waals surface area contributed by atoms with E-state index < -0.39 is 0 Å². The average Bonchev–Trinajstić information content (AvgIpc) is 2.91. The van der Waals surface area contributed by atoms with Crippen LogP contribution in [0.1, 0.15) is 54.4 Å². The van der Waals surface area contributed by atoms with E-state index in [-0.39, 0.29) is 6.04 Å². The number of nitrogens with one attached hydrogen (secondary N) is 1. The van der Waals surface area contributed by atoms with Gasteiger partial charge in [0.15, 0.2) is 0 Å². The van der Waals surface area contributed by atoms with Crippen molar-refractivity contribution in [1.82, 2.24) is 5.32 Å². The Morgan fingerprint density at radius 2 is 2.10 bits per heavy atom. The van der Waals surface area contributed by atoms with Gasteiger partial charge in [0.2, 0.25) is 0 Å². The van der Waals surface area contributed by atoms with Crippen LogP contribution in [-0.4, -0.2) is 6.54 Å². The molecule has 1 aliphatic rings. The molecule has 106 valence electrons. The molecule has 0 bridgehead atoms. The van der Waals surface area contributed by atoms with Crippen molar-refractivity contribution in [3.05, 3.63) is 59.0 Å². The Morgan fingerprint density at radius 3 is 2.85 bits per heavy atom. The van der Waals surface area contributed by atoms with Gasteiger partial charge in [0.25, 0.3) is 0 Å². The van der Waals surface area contributed by atoms with Gasteiger partial charge >= 0.3 is 0 Å². The van der Waals surface area contributed by atoms with E-state index in [4.69, 9.17) is 4.42 Å². The number of fused-ring (bicyclic) bond motifs is 1. The van der Waals surface area contributed by atoms with E-state index in [2.05, 4.69) is 48.6 Å². The van der Waals surface area contributed by atoms with Crippen LogP contribution in [0.15, 0.2) is 40.8 Å². The molecule has 3 rings (SSSR count). The summed E-state index contributed by atoms with van der Waals surface area (Å²) in [5.41, 5.74) is 3.01. The predicted octanol–water partition coefficient (Wildman–Crippen LogP) is 4.36. The Hall–Kier alpha value is -1.54. The minimum Gasteiger partial charge on any atom is -0.465 e. The molecule has 1 aromatic heterocycles. The van der Waals surface area contributed by atoms with Crippen LogP contribution in [0.5, 0.6) is 0 Å². The van der Waals surface area contributed by atoms with Crippen molar-refractivity contribution in [2.45, 2.75) is 45.1 Å². The standard InChI is InChI=1S/C18H23NO/c1-3-19-18(17-12-11-13(2)20-17)16-10-6-8-14-7-4-5-9-15(14)16/h4-5,7,9,11-12,16,18-19H,3,6,8,10H2,1-2H3. The smallest absolute Gasteiger partial charge is 0.121 e. The lowest BCUT2D eigenvalue weighted by Crippen LogP contribution is -2.29. The predicted molar refractivity (Wildman–Crippen MR) is 82.0 cm³/mol. The summed E-state index contributed by atoms with van der Waals surface area (Å²) in [6.07, 6.45) is 3.71. The van der Waals surface area contributed by atoms with Gasteiger partial charge in [-0.3, -0.25) is 0 Å². The van der Waals surface area contributed by atoms with Crippen molar-refractivity contribution in [2.75, 3.05) is 6.54 Å². The molecule has 2 aromatic rings. The molecule has 2 unspecified atom stereocenters. The molecular formula is C18H23NO. The van der Waals surface area contributed by atoms with E-state index in [9.17, 15) is 0 Å². The van der Waals surface area contributed by atoms with Gasteiger partial charge in [-0.2, -0.15) is 0 Å². The molecule has 0 amide bonds. The summed E-state index contributed by atoms with van der Waals surface area (Å²) in [5.74, 6) is 2.59. The van der Waals surface area contributed by atoms with E-state index in [1.165, 1.54) is 30.4 Å². The first kappa shape index (κ1) is 13.4. The van der Waals surface area contributed by atoms with Gasteiger partial charge in [0.05, 0.1) is 6.04 Å². The summed E-state index contributed by atoms with van der Waals surface area (Å²) in [6.45, 7) is 5.14. The Bertz CT molecular complexity index is 572. The molecule has 0 saturated carbocycles. The monoisotopic (exact) mass is 269 g/mol. The lowest BCUT2D eigenvalue weighted by atomic mass is 9.78. The number of hydrogen-bond acceptors (Lipinski definition) is 2. The zero-order chi connectivity index (χ0) is 13.9. The third kappa shape index (κ3) is 2.53. The normalized spacial score (nSPS) is 19.6. The van der Waals surface area contributed by atoms with E-state index in [1.54, 1.807) is 0 Å². The Morgan fingerprint density at radius 1 is 1.25 bits per heavy atom. The second-order valence-corrected chi connectivity index (χ2v) is 5.68.